The van der Waals surface area contributed by atoms with E-state index in [0.717, 1.165) is 25.7 Å². The van der Waals surface area contributed by atoms with E-state index >= 15 is 0 Å². The lowest BCUT2D eigenvalue weighted by Gasteiger charge is -2.24. The SMILES string of the molecule is CCOCC(NCC(CC)CC)C(C)C. The average Bonchev–Trinajstić information content (AvgIpc) is 2.23. The second-order valence-electron chi connectivity index (χ2n) is 4.60. The summed E-state index contributed by atoms with van der Waals surface area (Å²) in [6.07, 6.45) is 2.53. The molecule has 92 valence electrons. The minimum Gasteiger partial charge on any atom is -0.380 e. The third kappa shape index (κ3) is 6.91. The summed E-state index contributed by atoms with van der Waals surface area (Å²) < 4.78 is 5.49. The van der Waals surface area contributed by atoms with Gasteiger partial charge in [-0.1, -0.05) is 40.5 Å². The standard InChI is InChI=1S/C13H29NO/c1-6-12(7-2)9-14-13(11(4)5)10-15-8-3/h11-14H,6-10H2,1-5H3. The Labute approximate surface area is 95.8 Å². The normalized spacial score (nSPS) is 13.8. The van der Waals surface area contributed by atoms with Gasteiger partial charge in [-0.25, -0.2) is 0 Å². The number of ether oxygens (including phenoxy) is 1. The largest absolute Gasteiger partial charge is 0.380 e. The topological polar surface area (TPSA) is 21.3 Å². The van der Waals surface area contributed by atoms with Crippen LogP contribution in [0, 0.1) is 11.8 Å². The first-order valence-electron chi connectivity index (χ1n) is 6.46. The van der Waals surface area contributed by atoms with Gasteiger partial charge in [0.05, 0.1) is 6.61 Å². The van der Waals surface area contributed by atoms with Crippen molar-refractivity contribution in [1.82, 2.24) is 5.32 Å². The van der Waals surface area contributed by atoms with Crippen LogP contribution in [0.3, 0.4) is 0 Å². The predicted octanol–water partition coefficient (Wildman–Crippen LogP) is 3.07. The summed E-state index contributed by atoms with van der Waals surface area (Å²) in [6, 6.07) is 0.505. The second-order valence-corrected chi connectivity index (χ2v) is 4.60. The molecule has 0 saturated heterocycles. The van der Waals surface area contributed by atoms with Crippen molar-refractivity contribution in [2.45, 2.75) is 53.5 Å². The maximum Gasteiger partial charge on any atom is 0.0621 e. The van der Waals surface area contributed by atoms with Gasteiger partial charge in [-0.2, -0.15) is 0 Å². The molecule has 0 amide bonds. The third-order valence-electron chi connectivity index (χ3n) is 3.13. The summed E-state index contributed by atoms with van der Waals surface area (Å²) in [6.45, 7) is 13.9. The van der Waals surface area contributed by atoms with Crippen LogP contribution >= 0.6 is 0 Å². The van der Waals surface area contributed by atoms with Crippen LogP contribution in [0.4, 0.5) is 0 Å². The van der Waals surface area contributed by atoms with E-state index < -0.39 is 0 Å². The first kappa shape index (κ1) is 14.9. The molecule has 0 rings (SSSR count). The van der Waals surface area contributed by atoms with Crippen LogP contribution in [0.25, 0.3) is 0 Å². The maximum absolute atomic E-state index is 5.49. The van der Waals surface area contributed by atoms with Gasteiger partial charge in [0, 0.05) is 12.6 Å². The predicted molar refractivity (Wildman–Crippen MR) is 67.2 cm³/mol. The Bertz CT molecular complexity index is 132. The lowest BCUT2D eigenvalue weighted by atomic mass is 10.0. The third-order valence-corrected chi connectivity index (χ3v) is 3.13. The van der Waals surface area contributed by atoms with Crippen molar-refractivity contribution in [3.63, 3.8) is 0 Å². The molecule has 0 spiro atoms. The molecule has 2 heteroatoms. The molecule has 0 aliphatic carbocycles. The Morgan fingerprint density at radius 3 is 2.07 bits per heavy atom. The minimum atomic E-state index is 0.505. The Balaban J connectivity index is 3.83. The summed E-state index contributed by atoms with van der Waals surface area (Å²) in [5.41, 5.74) is 0. The second kappa shape index (κ2) is 9.17. The number of hydrogen-bond donors (Lipinski definition) is 1. The molecule has 1 unspecified atom stereocenters. The molecule has 0 aliphatic rings. The quantitative estimate of drug-likeness (QED) is 0.638. The minimum absolute atomic E-state index is 0.505. The monoisotopic (exact) mass is 215 g/mol. The van der Waals surface area contributed by atoms with Gasteiger partial charge in [-0.05, 0) is 25.3 Å². The van der Waals surface area contributed by atoms with E-state index in [0.29, 0.717) is 12.0 Å². The van der Waals surface area contributed by atoms with Crippen LogP contribution in [0.2, 0.25) is 0 Å². The Kier molecular flexibility index (Phi) is 9.12. The molecule has 0 aromatic heterocycles. The van der Waals surface area contributed by atoms with Crippen molar-refractivity contribution >= 4 is 0 Å². The van der Waals surface area contributed by atoms with Crippen LogP contribution < -0.4 is 5.32 Å². The van der Waals surface area contributed by atoms with Gasteiger partial charge in [0.1, 0.15) is 0 Å². The molecule has 0 aliphatic heterocycles. The van der Waals surface area contributed by atoms with Gasteiger partial charge in [-0.3, -0.25) is 0 Å². The summed E-state index contributed by atoms with van der Waals surface area (Å²) in [7, 11) is 0. The molecule has 1 atom stereocenters. The summed E-state index contributed by atoms with van der Waals surface area (Å²) in [5, 5.41) is 3.63. The number of hydrogen-bond acceptors (Lipinski definition) is 2. The first-order chi connectivity index (χ1) is 7.15. The fraction of sp³-hybridized carbons (Fsp3) is 1.00. The van der Waals surface area contributed by atoms with Crippen LogP contribution in [0.1, 0.15) is 47.5 Å². The lowest BCUT2D eigenvalue weighted by molar-refractivity contribution is 0.106. The lowest BCUT2D eigenvalue weighted by Crippen LogP contribution is -2.40. The molecule has 0 bridgehead atoms. The van der Waals surface area contributed by atoms with E-state index in [2.05, 4.69) is 39.9 Å². The van der Waals surface area contributed by atoms with E-state index in [4.69, 9.17) is 4.74 Å². The molecule has 0 aromatic rings. The summed E-state index contributed by atoms with van der Waals surface area (Å²) in [4.78, 5) is 0. The molecule has 0 heterocycles. The number of rotatable bonds is 9. The highest BCUT2D eigenvalue weighted by atomic mass is 16.5. The molecular weight excluding hydrogens is 186 g/mol. The fourth-order valence-electron chi connectivity index (χ4n) is 1.63. The molecule has 0 aromatic carbocycles. The highest BCUT2D eigenvalue weighted by Crippen LogP contribution is 2.08. The smallest absolute Gasteiger partial charge is 0.0621 e. The van der Waals surface area contributed by atoms with Gasteiger partial charge in [0.25, 0.3) is 0 Å². The number of nitrogens with one attached hydrogen (secondary N) is 1. The van der Waals surface area contributed by atoms with E-state index in [-0.39, 0.29) is 0 Å². The van der Waals surface area contributed by atoms with Gasteiger partial charge in [0.15, 0.2) is 0 Å². The van der Waals surface area contributed by atoms with Crippen molar-refractivity contribution in [3.8, 4) is 0 Å². The van der Waals surface area contributed by atoms with Crippen LogP contribution in [0.15, 0.2) is 0 Å². The van der Waals surface area contributed by atoms with Gasteiger partial charge in [0.2, 0.25) is 0 Å². The highest BCUT2D eigenvalue weighted by Gasteiger charge is 2.14. The van der Waals surface area contributed by atoms with Crippen molar-refractivity contribution in [2.75, 3.05) is 19.8 Å². The van der Waals surface area contributed by atoms with E-state index in [1.807, 2.05) is 0 Å². The molecular formula is C13H29NO. The van der Waals surface area contributed by atoms with Crippen LogP contribution in [-0.4, -0.2) is 25.8 Å². The van der Waals surface area contributed by atoms with Crippen molar-refractivity contribution in [2.24, 2.45) is 11.8 Å². The zero-order chi connectivity index (χ0) is 11.7. The van der Waals surface area contributed by atoms with Crippen LogP contribution in [0.5, 0.6) is 0 Å². The molecule has 0 fully saturated rings. The molecule has 1 N–H and O–H groups in total. The molecule has 0 saturated carbocycles. The molecule has 2 nitrogen and oxygen atoms in total. The van der Waals surface area contributed by atoms with Gasteiger partial charge in [-0.15, -0.1) is 0 Å². The Morgan fingerprint density at radius 2 is 1.67 bits per heavy atom. The zero-order valence-electron chi connectivity index (χ0n) is 11.2. The van der Waals surface area contributed by atoms with Gasteiger partial charge < -0.3 is 10.1 Å². The summed E-state index contributed by atoms with van der Waals surface area (Å²) >= 11 is 0. The van der Waals surface area contributed by atoms with Crippen molar-refractivity contribution < 1.29 is 4.74 Å². The molecule has 0 radical (unpaired) electrons. The highest BCUT2D eigenvalue weighted by molar-refractivity contribution is 4.71. The van der Waals surface area contributed by atoms with Crippen molar-refractivity contribution in [3.05, 3.63) is 0 Å². The van der Waals surface area contributed by atoms with E-state index in [1.54, 1.807) is 0 Å². The maximum atomic E-state index is 5.49. The molecule has 15 heavy (non-hydrogen) atoms. The van der Waals surface area contributed by atoms with E-state index in [9.17, 15) is 0 Å². The van der Waals surface area contributed by atoms with Gasteiger partial charge >= 0.3 is 0 Å². The Morgan fingerprint density at radius 1 is 1.07 bits per heavy atom. The van der Waals surface area contributed by atoms with E-state index in [1.165, 1.54) is 12.8 Å². The average molecular weight is 215 g/mol. The Hall–Kier alpha value is -0.0800. The van der Waals surface area contributed by atoms with Crippen LogP contribution in [-0.2, 0) is 4.74 Å². The first-order valence-corrected chi connectivity index (χ1v) is 6.46. The van der Waals surface area contributed by atoms with Crippen molar-refractivity contribution in [1.29, 1.82) is 0 Å². The fourth-order valence-corrected chi connectivity index (χ4v) is 1.63. The summed E-state index contributed by atoms with van der Waals surface area (Å²) in [5.74, 6) is 1.46. The zero-order valence-corrected chi connectivity index (χ0v) is 11.2.